The molecule has 0 fully saturated rings. The number of thioether (sulfide) groups is 1. The zero-order valence-electron chi connectivity index (χ0n) is 15.9. The molecule has 0 aliphatic carbocycles. The molecule has 7 heteroatoms. The first-order chi connectivity index (χ1) is 12.8. The van der Waals surface area contributed by atoms with Gasteiger partial charge >= 0.3 is 0 Å². The van der Waals surface area contributed by atoms with Gasteiger partial charge in [0, 0.05) is 4.90 Å². The fourth-order valence-electron chi connectivity index (χ4n) is 2.74. The van der Waals surface area contributed by atoms with E-state index in [4.69, 9.17) is 11.6 Å². The van der Waals surface area contributed by atoms with Crippen LogP contribution in [0.25, 0.3) is 0 Å². The number of nitrogens with zero attached hydrogens (tertiary/aromatic N) is 1. The third kappa shape index (κ3) is 6.27. The van der Waals surface area contributed by atoms with Crippen molar-refractivity contribution in [1.29, 1.82) is 0 Å². The highest BCUT2D eigenvalue weighted by atomic mass is 35.5. The third-order valence-corrected chi connectivity index (χ3v) is 5.00. The van der Waals surface area contributed by atoms with Gasteiger partial charge in [0.05, 0.1) is 29.5 Å². The molecule has 0 bridgehead atoms. The summed E-state index contributed by atoms with van der Waals surface area (Å²) in [6.45, 7) is 4.04. The normalized spacial score (nSPS) is 10.7. The maximum atomic E-state index is 12.3. The van der Waals surface area contributed by atoms with Crippen LogP contribution < -0.4 is 10.6 Å². The molecule has 144 valence electrons. The second-order valence-corrected chi connectivity index (χ2v) is 7.66. The minimum Gasteiger partial charge on any atom is -0.324 e. The van der Waals surface area contributed by atoms with E-state index in [1.807, 2.05) is 56.5 Å². The van der Waals surface area contributed by atoms with Crippen LogP contribution in [0, 0.1) is 13.8 Å². The van der Waals surface area contributed by atoms with Gasteiger partial charge in [-0.2, -0.15) is 0 Å². The minimum atomic E-state index is -0.219. The summed E-state index contributed by atoms with van der Waals surface area (Å²) in [5.41, 5.74) is 3.33. The van der Waals surface area contributed by atoms with Crippen molar-refractivity contribution in [3.8, 4) is 0 Å². The molecule has 0 heterocycles. The number of hydrogen-bond donors (Lipinski definition) is 2. The third-order valence-electron chi connectivity index (χ3n) is 3.90. The van der Waals surface area contributed by atoms with E-state index < -0.39 is 0 Å². The fourth-order valence-corrected chi connectivity index (χ4v) is 3.66. The van der Waals surface area contributed by atoms with E-state index in [0.717, 1.165) is 21.7 Å². The molecular weight excluding hydrogens is 382 g/mol. The van der Waals surface area contributed by atoms with E-state index in [-0.39, 0.29) is 24.9 Å². The minimum absolute atomic E-state index is 0.0846. The van der Waals surface area contributed by atoms with Crippen molar-refractivity contribution in [2.24, 2.45) is 0 Å². The van der Waals surface area contributed by atoms with Crippen LogP contribution >= 0.6 is 23.4 Å². The lowest BCUT2D eigenvalue weighted by molar-refractivity contribution is -0.119. The van der Waals surface area contributed by atoms with Crippen molar-refractivity contribution >= 4 is 46.6 Å². The summed E-state index contributed by atoms with van der Waals surface area (Å²) in [7, 11) is 1.73. The van der Waals surface area contributed by atoms with Crippen LogP contribution in [0.15, 0.2) is 41.3 Å². The van der Waals surface area contributed by atoms with E-state index in [0.29, 0.717) is 10.7 Å². The summed E-state index contributed by atoms with van der Waals surface area (Å²) in [5.74, 6) is -0.389. The Morgan fingerprint density at radius 2 is 1.70 bits per heavy atom. The van der Waals surface area contributed by atoms with Crippen LogP contribution in [-0.2, 0) is 9.59 Å². The van der Waals surface area contributed by atoms with Gasteiger partial charge in [-0.25, -0.2) is 0 Å². The molecule has 2 amide bonds. The second kappa shape index (κ2) is 9.78. The Morgan fingerprint density at radius 1 is 1.07 bits per heavy atom. The van der Waals surface area contributed by atoms with Crippen molar-refractivity contribution < 1.29 is 9.59 Å². The number of halogens is 1. The van der Waals surface area contributed by atoms with Crippen LogP contribution in [-0.4, -0.2) is 43.1 Å². The Hall–Kier alpha value is -2.02. The molecule has 2 N–H and O–H groups in total. The highest BCUT2D eigenvalue weighted by molar-refractivity contribution is 7.98. The molecule has 0 radical (unpaired) electrons. The first-order valence-corrected chi connectivity index (χ1v) is 10.1. The smallest absolute Gasteiger partial charge is 0.238 e. The predicted octanol–water partition coefficient (Wildman–Crippen LogP) is 4.19. The maximum absolute atomic E-state index is 12.3. The van der Waals surface area contributed by atoms with E-state index >= 15 is 0 Å². The number of amides is 2. The Labute approximate surface area is 169 Å². The number of nitrogens with one attached hydrogen (secondary N) is 2. The highest BCUT2D eigenvalue weighted by Gasteiger charge is 2.14. The van der Waals surface area contributed by atoms with Crippen LogP contribution in [0.4, 0.5) is 11.4 Å². The van der Waals surface area contributed by atoms with Crippen LogP contribution in [0.3, 0.4) is 0 Å². The number of likely N-dealkylation sites (N-methyl/N-ethyl adjacent to an activating group) is 1. The lowest BCUT2D eigenvalue weighted by Crippen LogP contribution is -2.36. The van der Waals surface area contributed by atoms with Crippen LogP contribution in [0.5, 0.6) is 0 Å². The monoisotopic (exact) mass is 405 g/mol. The first-order valence-electron chi connectivity index (χ1n) is 8.48. The van der Waals surface area contributed by atoms with Gasteiger partial charge in [0.25, 0.3) is 0 Å². The number of rotatable bonds is 7. The summed E-state index contributed by atoms with van der Waals surface area (Å²) in [6.07, 6.45) is 1.96. The van der Waals surface area contributed by atoms with Crippen molar-refractivity contribution in [2.75, 3.05) is 37.0 Å². The molecule has 0 aliphatic rings. The van der Waals surface area contributed by atoms with Crippen molar-refractivity contribution in [3.05, 3.63) is 52.5 Å². The Bertz CT molecular complexity index is 819. The van der Waals surface area contributed by atoms with Gasteiger partial charge in [-0.05, 0) is 56.5 Å². The molecule has 27 heavy (non-hydrogen) atoms. The summed E-state index contributed by atoms with van der Waals surface area (Å²) in [6, 6.07) is 11.4. The largest absolute Gasteiger partial charge is 0.324 e. The molecule has 0 atom stereocenters. The van der Waals surface area contributed by atoms with Crippen LogP contribution in [0.2, 0.25) is 5.02 Å². The number of hydrogen-bond acceptors (Lipinski definition) is 4. The van der Waals surface area contributed by atoms with Gasteiger partial charge in [-0.1, -0.05) is 29.8 Å². The van der Waals surface area contributed by atoms with Gasteiger partial charge in [0.1, 0.15) is 0 Å². The first kappa shape index (κ1) is 21.3. The summed E-state index contributed by atoms with van der Waals surface area (Å²) >= 11 is 7.79. The van der Waals surface area contributed by atoms with Gasteiger partial charge in [0.2, 0.25) is 11.8 Å². The molecule has 2 aromatic carbocycles. The van der Waals surface area contributed by atoms with Gasteiger partial charge < -0.3 is 10.6 Å². The Morgan fingerprint density at radius 3 is 2.33 bits per heavy atom. The lowest BCUT2D eigenvalue weighted by atomic mass is 10.1. The summed E-state index contributed by atoms with van der Waals surface area (Å²) < 4.78 is 0. The average molecular weight is 406 g/mol. The van der Waals surface area contributed by atoms with Gasteiger partial charge in [-0.3, -0.25) is 14.5 Å². The fraction of sp³-hybridized carbons (Fsp3) is 0.300. The molecular formula is C20H24ClN3O2S. The molecule has 0 aromatic heterocycles. The second-order valence-electron chi connectivity index (χ2n) is 6.41. The van der Waals surface area contributed by atoms with Crippen LogP contribution in [0.1, 0.15) is 11.1 Å². The Kier molecular flexibility index (Phi) is 7.71. The van der Waals surface area contributed by atoms with Gasteiger partial charge in [-0.15, -0.1) is 11.8 Å². The number of benzene rings is 2. The molecule has 0 aliphatic heterocycles. The highest BCUT2D eigenvalue weighted by Crippen LogP contribution is 2.27. The number of carbonyl (C=O) groups excluding carboxylic acids is 2. The number of para-hydroxylation sites is 1. The maximum Gasteiger partial charge on any atom is 0.238 e. The molecule has 2 rings (SSSR count). The van der Waals surface area contributed by atoms with E-state index in [1.54, 1.807) is 23.7 Å². The van der Waals surface area contributed by atoms with E-state index in [1.165, 1.54) is 0 Å². The Balaban J connectivity index is 1.90. The van der Waals surface area contributed by atoms with Crippen molar-refractivity contribution in [2.45, 2.75) is 18.7 Å². The SMILES string of the molecule is CSc1ccccc1NC(=O)CN(C)CC(=O)Nc1c(C)cc(C)cc1Cl. The van der Waals surface area contributed by atoms with Crippen molar-refractivity contribution in [1.82, 2.24) is 4.90 Å². The molecule has 0 spiro atoms. The number of anilines is 2. The molecule has 0 unspecified atom stereocenters. The molecule has 0 saturated heterocycles. The lowest BCUT2D eigenvalue weighted by Gasteiger charge is -2.18. The summed E-state index contributed by atoms with van der Waals surface area (Å²) in [5, 5.41) is 6.22. The zero-order valence-corrected chi connectivity index (χ0v) is 17.5. The number of carbonyl (C=O) groups is 2. The molecule has 0 saturated carbocycles. The summed E-state index contributed by atoms with van der Waals surface area (Å²) in [4.78, 5) is 27.2. The predicted molar refractivity (Wildman–Crippen MR) is 114 cm³/mol. The standard InChI is InChI=1S/C20H24ClN3O2S/c1-13-9-14(2)20(15(21)10-13)23-19(26)12-24(3)11-18(25)22-16-7-5-6-8-17(16)27-4/h5-10H,11-12H2,1-4H3,(H,22,25)(H,23,26). The van der Waals surface area contributed by atoms with Gasteiger partial charge in [0.15, 0.2) is 0 Å². The number of aryl methyl sites for hydroxylation is 2. The van der Waals surface area contributed by atoms with Crippen molar-refractivity contribution in [3.63, 3.8) is 0 Å². The quantitative estimate of drug-likeness (QED) is 0.678. The van der Waals surface area contributed by atoms with E-state index in [9.17, 15) is 9.59 Å². The zero-order chi connectivity index (χ0) is 20.0. The molecule has 5 nitrogen and oxygen atoms in total. The topological polar surface area (TPSA) is 61.4 Å². The molecule has 2 aromatic rings. The average Bonchev–Trinajstić information content (AvgIpc) is 2.58. The van der Waals surface area contributed by atoms with E-state index in [2.05, 4.69) is 10.6 Å².